The number of hydrogen-bond acceptors (Lipinski definition) is 5. The molecule has 0 radical (unpaired) electrons. The summed E-state index contributed by atoms with van der Waals surface area (Å²) in [7, 11) is 0. The molecule has 0 atom stereocenters. The highest BCUT2D eigenvalue weighted by molar-refractivity contribution is 7.21. The molecule has 5 nitrogen and oxygen atoms in total. The van der Waals surface area contributed by atoms with Crippen LogP contribution in [0.25, 0.3) is 10.2 Å². The molecular formula is C16H13F3N4OS. The molecule has 3 N–H and O–H groups in total. The van der Waals surface area contributed by atoms with Crippen LogP contribution in [0.2, 0.25) is 0 Å². The number of fused-ring (bicyclic) bond motifs is 1. The van der Waals surface area contributed by atoms with Gasteiger partial charge in [0.1, 0.15) is 15.5 Å². The average Bonchev–Trinajstić information content (AvgIpc) is 2.84. The predicted molar refractivity (Wildman–Crippen MR) is 90.7 cm³/mol. The van der Waals surface area contributed by atoms with Crippen molar-refractivity contribution in [2.24, 2.45) is 0 Å². The topological polar surface area (TPSA) is 80.9 Å². The number of amides is 1. The molecule has 3 heterocycles. The summed E-state index contributed by atoms with van der Waals surface area (Å²) in [6, 6.07) is 4.28. The Kier molecular flexibility index (Phi) is 4.11. The molecule has 0 aliphatic heterocycles. The van der Waals surface area contributed by atoms with Crippen LogP contribution in [-0.4, -0.2) is 15.9 Å². The standard InChI is InChI=1S/C16H13F3N4OS/c1-7-3-4-10(21-6-7)23-14(24)13-12(20)11-9(16(17,18)19)5-8(2)22-15(11)25-13/h3-6H,20H2,1-2H3,(H,21,23,24). The number of aryl methyl sites for hydroxylation is 2. The highest BCUT2D eigenvalue weighted by Crippen LogP contribution is 2.42. The van der Waals surface area contributed by atoms with Crippen LogP contribution in [0.4, 0.5) is 24.7 Å². The lowest BCUT2D eigenvalue weighted by molar-refractivity contribution is -0.136. The van der Waals surface area contributed by atoms with E-state index in [0.29, 0.717) is 0 Å². The lowest BCUT2D eigenvalue weighted by Gasteiger charge is -2.09. The molecule has 130 valence electrons. The average molecular weight is 366 g/mol. The number of carbonyl (C=O) groups excluding carboxylic acids is 1. The molecule has 0 aliphatic rings. The number of alkyl halides is 3. The van der Waals surface area contributed by atoms with E-state index >= 15 is 0 Å². The number of aromatic nitrogens is 2. The van der Waals surface area contributed by atoms with Crippen molar-refractivity contribution in [1.29, 1.82) is 0 Å². The van der Waals surface area contributed by atoms with Gasteiger partial charge in [0.05, 0.1) is 11.3 Å². The Labute approximate surface area is 144 Å². The summed E-state index contributed by atoms with van der Waals surface area (Å²) < 4.78 is 39.9. The zero-order valence-electron chi connectivity index (χ0n) is 13.2. The Morgan fingerprint density at radius 2 is 2.00 bits per heavy atom. The lowest BCUT2D eigenvalue weighted by atomic mass is 10.1. The number of nitrogens with zero attached hydrogens (tertiary/aromatic N) is 2. The van der Waals surface area contributed by atoms with E-state index in [-0.39, 0.29) is 32.3 Å². The van der Waals surface area contributed by atoms with Crippen molar-refractivity contribution in [1.82, 2.24) is 9.97 Å². The fourth-order valence-corrected chi connectivity index (χ4v) is 3.41. The van der Waals surface area contributed by atoms with Gasteiger partial charge < -0.3 is 11.1 Å². The first kappa shape index (κ1) is 17.2. The first-order chi connectivity index (χ1) is 11.7. The van der Waals surface area contributed by atoms with Gasteiger partial charge in [0.15, 0.2) is 0 Å². The molecule has 3 aromatic rings. The Hall–Kier alpha value is -2.68. The highest BCUT2D eigenvalue weighted by atomic mass is 32.1. The maximum absolute atomic E-state index is 13.3. The number of carbonyl (C=O) groups is 1. The van der Waals surface area contributed by atoms with Gasteiger partial charge in [-0.2, -0.15) is 13.2 Å². The van der Waals surface area contributed by atoms with Crippen molar-refractivity contribution in [3.8, 4) is 0 Å². The molecule has 0 saturated heterocycles. The Morgan fingerprint density at radius 1 is 1.28 bits per heavy atom. The molecule has 9 heteroatoms. The zero-order valence-corrected chi connectivity index (χ0v) is 14.0. The van der Waals surface area contributed by atoms with Crippen molar-refractivity contribution in [2.75, 3.05) is 11.1 Å². The smallest absolute Gasteiger partial charge is 0.397 e. The van der Waals surface area contributed by atoms with E-state index in [1.54, 1.807) is 18.3 Å². The van der Waals surface area contributed by atoms with Crippen LogP contribution >= 0.6 is 11.3 Å². The van der Waals surface area contributed by atoms with Gasteiger partial charge in [0.25, 0.3) is 5.91 Å². The number of anilines is 2. The van der Waals surface area contributed by atoms with Crippen LogP contribution in [0.5, 0.6) is 0 Å². The largest absolute Gasteiger partial charge is 0.417 e. The van der Waals surface area contributed by atoms with Gasteiger partial charge in [0, 0.05) is 17.3 Å². The maximum Gasteiger partial charge on any atom is 0.417 e. The number of thiophene rings is 1. The van der Waals surface area contributed by atoms with Gasteiger partial charge in [0.2, 0.25) is 0 Å². The molecule has 25 heavy (non-hydrogen) atoms. The molecule has 0 bridgehead atoms. The number of rotatable bonds is 2. The third kappa shape index (κ3) is 3.27. The molecule has 3 rings (SSSR count). The van der Waals surface area contributed by atoms with Crippen molar-refractivity contribution >= 4 is 39.0 Å². The first-order valence-electron chi connectivity index (χ1n) is 7.17. The zero-order chi connectivity index (χ0) is 18.4. The molecule has 0 unspecified atom stereocenters. The van der Waals surface area contributed by atoms with E-state index in [2.05, 4.69) is 15.3 Å². The van der Waals surface area contributed by atoms with Gasteiger partial charge in [-0.15, -0.1) is 11.3 Å². The highest BCUT2D eigenvalue weighted by Gasteiger charge is 2.35. The van der Waals surface area contributed by atoms with E-state index in [0.717, 1.165) is 23.0 Å². The fourth-order valence-electron chi connectivity index (χ4n) is 2.35. The monoisotopic (exact) mass is 366 g/mol. The van der Waals surface area contributed by atoms with Crippen LogP contribution in [0.3, 0.4) is 0 Å². The van der Waals surface area contributed by atoms with E-state index in [1.807, 2.05) is 6.92 Å². The van der Waals surface area contributed by atoms with Crippen LogP contribution in [-0.2, 0) is 6.18 Å². The molecule has 3 aromatic heterocycles. The van der Waals surface area contributed by atoms with E-state index in [9.17, 15) is 18.0 Å². The second-order valence-electron chi connectivity index (χ2n) is 5.51. The number of halogens is 3. The van der Waals surface area contributed by atoms with Crippen molar-refractivity contribution in [3.05, 3.63) is 46.1 Å². The number of nitrogens with two attached hydrogens (primary N) is 1. The summed E-state index contributed by atoms with van der Waals surface area (Å²) in [6.45, 7) is 3.30. The first-order valence-corrected chi connectivity index (χ1v) is 7.99. The molecular weight excluding hydrogens is 353 g/mol. The molecule has 0 fully saturated rings. The summed E-state index contributed by atoms with van der Waals surface area (Å²) >= 11 is 0.823. The van der Waals surface area contributed by atoms with E-state index < -0.39 is 17.6 Å². The normalized spacial score (nSPS) is 11.7. The third-order valence-electron chi connectivity index (χ3n) is 3.49. The van der Waals surface area contributed by atoms with Crippen LogP contribution in [0, 0.1) is 13.8 Å². The lowest BCUT2D eigenvalue weighted by Crippen LogP contribution is -2.13. The summed E-state index contributed by atoms with van der Waals surface area (Å²) in [5.74, 6) is -0.338. The third-order valence-corrected chi connectivity index (χ3v) is 4.59. The van der Waals surface area contributed by atoms with Gasteiger partial charge >= 0.3 is 6.18 Å². The minimum absolute atomic E-state index is 0.0269. The minimum Gasteiger partial charge on any atom is -0.397 e. The second kappa shape index (κ2) is 5.99. The number of nitrogens with one attached hydrogen (secondary N) is 1. The summed E-state index contributed by atoms with van der Waals surface area (Å²) in [4.78, 5) is 20.6. The summed E-state index contributed by atoms with van der Waals surface area (Å²) in [5.41, 5.74) is 5.84. The Bertz CT molecular complexity index is 964. The quantitative estimate of drug-likeness (QED) is 0.714. The SMILES string of the molecule is Cc1ccc(NC(=O)c2sc3nc(C)cc(C(F)(F)F)c3c2N)nc1. The van der Waals surface area contributed by atoms with E-state index in [4.69, 9.17) is 5.73 Å². The van der Waals surface area contributed by atoms with Crippen LogP contribution in [0.15, 0.2) is 24.4 Å². The summed E-state index contributed by atoms with van der Waals surface area (Å²) in [6.07, 6.45) is -3.02. The number of hydrogen-bond donors (Lipinski definition) is 2. The van der Waals surface area contributed by atoms with Gasteiger partial charge in [-0.05, 0) is 31.5 Å². The maximum atomic E-state index is 13.3. The second-order valence-corrected chi connectivity index (χ2v) is 6.51. The summed E-state index contributed by atoms with van der Waals surface area (Å²) in [5, 5.41) is 2.29. The number of pyridine rings is 2. The van der Waals surface area contributed by atoms with E-state index in [1.165, 1.54) is 6.92 Å². The Morgan fingerprint density at radius 3 is 2.60 bits per heavy atom. The van der Waals surface area contributed by atoms with Crippen molar-refractivity contribution in [2.45, 2.75) is 20.0 Å². The predicted octanol–water partition coefficient (Wildman–Crippen LogP) is 4.16. The van der Waals surface area contributed by atoms with Gasteiger partial charge in [-0.1, -0.05) is 6.07 Å². The van der Waals surface area contributed by atoms with Crippen molar-refractivity contribution in [3.63, 3.8) is 0 Å². The van der Waals surface area contributed by atoms with Crippen LogP contribution < -0.4 is 11.1 Å². The Balaban J connectivity index is 2.07. The molecule has 1 amide bonds. The molecule has 0 aromatic carbocycles. The fraction of sp³-hybridized carbons (Fsp3) is 0.188. The van der Waals surface area contributed by atoms with Gasteiger partial charge in [-0.3, -0.25) is 4.79 Å². The number of nitrogen functional groups attached to an aromatic ring is 1. The van der Waals surface area contributed by atoms with Gasteiger partial charge in [-0.25, -0.2) is 9.97 Å². The molecule has 0 aliphatic carbocycles. The van der Waals surface area contributed by atoms with Crippen molar-refractivity contribution < 1.29 is 18.0 Å². The molecule has 0 spiro atoms. The minimum atomic E-state index is -4.59. The van der Waals surface area contributed by atoms with Crippen LogP contribution in [0.1, 0.15) is 26.5 Å². The molecule has 0 saturated carbocycles.